The molecule has 8 heteroatoms. The number of imide groups is 1. The molecule has 1 aliphatic heterocycles. The molecule has 0 bridgehead atoms. The van der Waals surface area contributed by atoms with Crippen LogP contribution >= 0.6 is 35.0 Å². The minimum Gasteiger partial charge on any atom is -0.292 e. The van der Waals surface area contributed by atoms with Crippen LogP contribution in [0.25, 0.3) is 6.08 Å². The molecule has 1 heterocycles. The largest absolute Gasteiger partial charge is 0.293 e. The number of thioether (sulfide) groups is 1. The van der Waals surface area contributed by atoms with E-state index in [9.17, 15) is 14.4 Å². The first kappa shape index (κ1) is 19.2. The standard InChI is InChI=1S/C19H10Cl2N2O3S/c20-14-2-1-3-15(21)13(14)8-17-18(25)23(19(26)27-17)10-16(24)12-6-4-11(9-22)5-7-12/h1-8H,10H2/b17-8-. The van der Waals surface area contributed by atoms with Gasteiger partial charge in [-0.05, 0) is 42.1 Å². The van der Waals surface area contributed by atoms with Crippen LogP contribution in [0.15, 0.2) is 47.4 Å². The second kappa shape index (κ2) is 7.97. The summed E-state index contributed by atoms with van der Waals surface area (Å²) < 4.78 is 0. The lowest BCUT2D eigenvalue weighted by Gasteiger charge is -2.11. The second-order valence-electron chi connectivity index (χ2n) is 5.52. The highest BCUT2D eigenvalue weighted by molar-refractivity contribution is 8.18. The average Bonchev–Trinajstić information content (AvgIpc) is 2.92. The van der Waals surface area contributed by atoms with Gasteiger partial charge >= 0.3 is 0 Å². The van der Waals surface area contributed by atoms with Crippen LogP contribution < -0.4 is 0 Å². The van der Waals surface area contributed by atoms with Crippen molar-refractivity contribution in [2.45, 2.75) is 0 Å². The molecule has 1 fully saturated rings. The second-order valence-corrected chi connectivity index (χ2v) is 7.32. The SMILES string of the molecule is N#Cc1ccc(C(=O)CN2C(=O)S/C(=C\c3c(Cl)cccc3Cl)C2=O)cc1. The molecule has 2 aromatic rings. The van der Waals surface area contributed by atoms with Crippen molar-refractivity contribution in [3.63, 3.8) is 0 Å². The summed E-state index contributed by atoms with van der Waals surface area (Å²) in [5, 5.41) is 8.95. The van der Waals surface area contributed by atoms with Gasteiger partial charge in [-0.3, -0.25) is 19.3 Å². The summed E-state index contributed by atoms with van der Waals surface area (Å²) >= 11 is 12.9. The van der Waals surface area contributed by atoms with Crippen molar-refractivity contribution in [2.24, 2.45) is 0 Å². The predicted molar refractivity (Wildman–Crippen MR) is 105 cm³/mol. The fourth-order valence-electron chi connectivity index (χ4n) is 2.38. The number of rotatable bonds is 4. The molecule has 2 amide bonds. The topological polar surface area (TPSA) is 78.2 Å². The third-order valence-electron chi connectivity index (χ3n) is 3.79. The van der Waals surface area contributed by atoms with Crippen molar-refractivity contribution in [1.29, 1.82) is 5.26 Å². The monoisotopic (exact) mass is 416 g/mol. The highest BCUT2D eigenvalue weighted by Gasteiger charge is 2.36. The predicted octanol–water partition coefficient (Wildman–Crippen LogP) is 4.78. The number of ketones is 1. The van der Waals surface area contributed by atoms with Crippen molar-refractivity contribution >= 4 is 58.0 Å². The molecule has 134 valence electrons. The zero-order chi connectivity index (χ0) is 19.6. The van der Waals surface area contributed by atoms with Gasteiger partial charge < -0.3 is 0 Å². The molecule has 0 radical (unpaired) electrons. The zero-order valence-corrected chi connectivity index (χ0v) is 15.9. The van der Waals surface area contributed by atoms with Crippen LogP contribution in [0.1, 0.15) is 21.5 Å². The molecule has 1 aliphatic rings. The van der Waals surface area contributed by atoms with Gasteiger partial charge in [-0.1, -0.05) is 41.4 Å². The van der Waals surface area contributed by atoms with Gasteiger partial charge in [0.2, 0.25) is 0 Å². The highest BCUT2D eigenvalue weighted by atomic mass is 35.5. The molecule has 0 atom stereocenters. The Morgan fingerprint density at radius 2 is 1.74 bits per heavy atom. The van der Waals surface area contributed by atoms with Gasteiger partial charge in [0.15, 0.2) is 5.78 Å². The number of halogens is 2. The number of carbonyl (C=O) groups is 3. The van der Waals surface area contributed by atoms with Crippen LogP contribution in [-0.2, 0) is 4.79 Å². The number of nitriles is 1. The molecule has 2 aromatic carbocycles. The molecule has 0 spiro atoms. The third kappa shape index (κ3) is 4.06. The van der Waals surface area contributed by atoms with Gasteiger partial charge in [0.1, 0.15) is 0 Å². The van der Waals surface area contributed by atoms with Crippen molar-refractivity contribution in [3.05, 3.63) is 74.1 Å². The lowest BCUT2D eigenvalue weighted by Crippen LogP contribution is -2.33. The number of amides is 2. The summed E-state index contributed by atoms with van der Waals surface area (Å²) in [6.45, 7) is -0.385. The molecule has 0 saturated carbocycles. The number of nitrogens with zero attached hydrogens (tertiary/aromatic N) is 2. The number of hydrogen-bond donors (Lipinski definition) is 0. The molecule has 1 saturated heterocycles. The summed E-state index contributed by atoms with van der Waals surface area (Å²) in [5.74, 6) is -0.984. The lowest BCUT2D eigenvalue weighted by atomic mass is 10.1. The Kier molecular flexibility index (Phi) is 5.66. The van der Waals surface area contributed by atoms with E-state index in [0.29, 0.717) is 26.7 Å². The van der Waals surface area contributed by atoms with E-state index >= 15 is 0 Å². The van der Waals surface area contributed by atoms with Gasteiger partial charge in [-0.2, -0.15) is 5.26 Å². The quantitative estimate of drug-likeness (QED) is 0.528. The van der Waals surface area contributed by atoms with Crippen molar-refractivity contribution in [1.82, 2.24) is 4.90 Å². The first-order chi connectivity index (χ1) is 12.9. The van der Waals surface area contributed by atoms with Crippen molar-refractivity contribution in [2.75, 3.05) is 6.54 Å². The molecular formula is C19H10Cl2N2O3S. The minimum absolute atomic E-state index is 0.141. The molecular weight excluding hydrogens is 407 g/mol. The van der Waals surface area contributed by atoms with E-state index in [4.69, 9.17) is 28.5 Å². The summed E-state index contributed by atoms with van der Waals surface area (Å²) in [7, 11) is 0. The average molecular weight is 417 g/mol. The Labute approximate surface area is 169 Å². The van der Waals surface area contributed by atoms with E-state index in [2.05, 4.69) is 0 Å². The first-order valence-electron chi connectivity index (χ1n) is 7.63. The molecule has 0 aromatic heterocycles. The van der Waals surface area contributed by atoms with Gasteiger partial charge in [-0.25, -0.2) is 0 Å². The summed E-state index contributed by atoms with van der Waals surface area (Å²) in [6.07, 6.45) is 1.45. The molecule has 0 N–H and O–H groups in total. The lowest BCUT2D eigenvalue weighted by molar-refractivity contribution is -0.122. The maximum absolute atomic E-state index is 12.5. The van der Waals surface area contributed by atoms with E-state index < -0.39 is 16.9 Å². The smallest absolute Gasteiger partial charge is 0.292 e. The number of hydrogen-bond acceptors (Lipinski definition) is 5. The van der Waals surface area contributed by atoms with Crippen LogP contribution in [0.2, 0.25) is 10.0 Å². The highest BCUT2D eigenvalue weighted by Crippen LogP contribution is 2.35. The fraction of sp³-hybridized carbons (Fsp3) is 0.0526. The Hall–Kier alpha value is -2.59. The Morgan fingerprint density at radius 1 is 1.11 bits per heavy atom. The van der Waals surface area contributed by atoms with Gasteiger partial charge in [0.05, 0.1) is 23.1 Å². The van der Waals surface area contributed by atoms with Crippen LogP contribution in [0.4, 0.5) is 4.79 Å². The van der Waals surface area contributed by atoms with Gasteiger partial charge in [0, 0.05) is 21.2 Å². The number of Topliss-reactive ketones (excluding diaryl/α,β-unsaturated/α-hetero) is 1. The molecule has 3 rings (SSSR count). The van der Waals surface area contributed by atoms with Gasteiger partial charge in [-0.15, -0.1) is 0 Å². The number of carbonyl (C=O) groups excluding carboxylic acids is 3. The third-order valence-corrected chi connectivity index (χ3v) is 5.35. The summed E-state index contributed by atoms with van der Waals surface area (Å²) in [5.41, 5.74) is 1.16. The van der Waals surface area contributed by atoms with Crippen molar-refractivity contribution in [3.8, 4) is 6.07 Å². The Balaban J connectivity index is 1.81. The maximum atomic E-state index is 12.5. The Morgan fingerprint density at radius 3 is 2.33 bits per heavy atom. The van der Waals surface area contributed by atoms with E-state index in [0.717, 1.165) is 16.7 Å². The van der Waals surface area contributed by atoms with Crippen LogP contribution in [0.5, 0.6) is 0 Å². The summed E-state index contributed by atoms with van der Waals surface area (Å²) in [6, 6.07) is 12.8. The normalized spacial score (nSPS) is 15.3. The molecule has 0 aliphatic carbocycles. The van der Waals surface area contributed by atoms with Crippen LogP contribution in [-0.4, -0.2) is 28.4 Å². The van der Waals surface area contributed by atoms with Crippen LogP contribution in [0, 0.1) is 11.3 Å². The van der Waals surface area contributed by atoms with E-state index in [1.165, 1.54) is 30.3 Å². The number of benzene rings is 2. The fourth-order valence-corrected chi connectivity index (χ4v) is 3.71. The van der Waals surface area contributed by atoms with Gasteiger partial charge in [0.25, 0.3) is 11.1 Å². The summed E-state index contributed by atoms with van der Waals surface area (Å²) in [4.78, 5) is 38.1. The van der Waals surface area contributed by atoms with E-state index in [1.54, 1.807) is 18.2 Å². The maximum Gasteiger partial charge on any atom is 0.293 e. The zero-order valence-electron chi connectivity index (χ0n) is 13.6. The first-order valence-corrected chi connectivity index (χ1v) is 9.20. The Bertz CT molecular complexity index is 1010. The van der Waals surface area contributed by atoms with Crippen LogP contribution in [0.3, 0.4) is 0 Å². The minimum atomic E-state index is -0.581. The van der Waals surface area contributed by atoms with E-state index in [-0.39, 0.29) is 11.4 Å². The molecule has 0 unspecified atom stereocenters. The van der Waals surface area contributed by atoms with E-state index in [1.807, 2.05) is 6.07 Å². The van der Waals surface area contributed by atoms with Crippen molar-refractivity contribution < 1.29 is 14.4 Å². The molecule has 27 heavy (non-hydrogen) atoms. The molecule has 5 nitrogen and oxygen atoms in total.